The summed E-state index contributed by atoms with van der Waals surface area (Å²) in [4.78, 5) is 12.2. The quantitative estimate of drug-likeness (QED) is 0.122. The van der Waals surface area contributed by atoms with Gasteiger partial charge in [-0.25, -0.2) is 0 Å². The van der Waals surface area contributed by atoms with Gasteiger partial charge in [0.1, 0.15) is 0 Å². The molecule has 0 saturated carbocycles. The molecule has 0 fully saturated rings. The van der Waals surface area contributed by atoms with Gasteiger partial charge in [0, 0.05) is 0 Å². The molecular formula is C31H32BrO3P. The van der Waals surface area contributed by atoms with Gasteiger partial charge in [-0.05, 0) is 0 Å². The molecule has 36 heavy (non-hydrogen) atoms. The first-order valence-electron chi connectivity index (χ1n) is 12.4. The number of hydrogen-bond donors (Lipinski definition) is 1. The number of para-hydroxylation sites is 1. The summed E-state index contributed by atoms with van der Waals surface area (Å²) in [6.45, 7) is 0.348. The van der Waals surface area contributed by atoms with Crippen LogP contribution < -0.4 is 15.9 Å². The number of unbranched alkanes of at least 4 members (excludes halogenated alkanes) is 3. The average Bonchev–Trinajstić information content (AvgIpc) is 2.94. The van der Waals surface area contributed by atoms with E-state index in [1.54, 1.807) is 18.2 Å². The Morgan fingerprint density at radius 2 is 1.08 bits per heavy atom. The fourth-order valence-electron chi connectivity index (χ4n) is 4.80. The molecule has 186 valence electrons. The van der Waals surface area contributed by atoms with Gasteiger partial charge in [-0.1, -0.05) is 0 Å². The van der Waals surface area contributed by atoms with Gasteiger partial charge in [0.25, 0.3) is 0 Å². The van der Waals surface area contributed by atoms with Crippen molar-refractivity contribution < 1.29 is 14.6 Å². The summed E-state index contributed by atoms with van der Waals surface area (Å²) >= 11 is 4.49. The maximum absolute atomic E-state index is 12.2. The van der Waals surface area contributed by atoms with Gasteiger partial charge in [-0.2, -0.15) is 0 Å². The third kappa shape index (κ3) is 5.40. The topological polar surface area (TPSA) is 46.5 Å². The number of halogens is 1. The summed E-state index contributed by atoms with van der Waals surface area (Å²) in [5.41, 5.74) is 0.211. The van der Waals surface area contributed by atoms with Crippen LogP contribution in [0.25, 0.3) is 0 Å². The molecule has 0 aromatic heterocycles. The summed E-state index contributed by atoms with van der Waals surface area (Å²) in [5, 5.41) is 11.0. The molecule has 1 N–H and O–H groups in total. The number of ether oxygens (including phenoxy) is 1. The van der Waals surface area contributed by atoms with E-state index in [0.717, 1.165) is 31.8 Å². The van der Waals surface area contributed by atoms with Crippen LogP contribution in [0.5, 0.6) is 5.75 Å². The van der Waals surface area contributed by atoms with Gasteiger partial charge in [0.15, 0.2) is 0 Å². The molecule has 0 saturated heterocycles. The van der Waals surface area contributed by atoms with Crippen LogP contribution in [0.15, 0.2) is 115 Å². The van der Waals surface area contributed by atoms with E-state index in [0.29, 0.717) is 6.61 Å². The summed E-state index contributed by atoms with van der Waals surface area (Å²) in [6, 6.07) is 39.0. The van der Waals surface area contributed by atoms with E-state index in [1.807, 2.05) is 0 Å². The Morgan fingerprint density at radius 3 is 1.58 bits per heavy atom. The zero-order valence-electron chi connectivity index (χ0n) is 20.3. The molecule has 4 aromatic carbocycles. The summed E-state index contributed by atoms with van der Waals surface area (Å²) in [5.74, 6) is -0.524. The average molecular weight is 563 g/mol. The van der Waals surface area contributed by atoms with Crippen LogP contribution in [0.3, 0.4) is 0 Å². The van der Waals surface area contributed by atoms with Gasteiger partial charge in [-0.15, -0.1) is 0 Å². The third-order valence-corrected chi connectivity index (χ3v) is 16.7. The number of phenolic OH excluding ortho intramolecular Hbond substituents is 1. The molecule has 4 aromatic rings. The SMILES string of the molecule is O=C(OCCCCCCP(Br)(c1ccccc1)(c1ccccc1)c1ccccc1)c1ccccc1O. The first-order chi connectivity index (χ1) is 17.5. The molecule has 5 heteroatoms. The Hall–Kier alpha value is -2.94. The van der Waals surface area contributed by atoms with E-state index >= 15 is 0 Å². The number of carbonyl (C=O) groups excluding carboxylic acids is 1. The van der Waals surface area contributed by atoms with Crippen LogP contribution in [0, 0.1) is 0 Å². The number of aromatic hydroxyl groups is 1. The van der Waals surface area contributed by atoms with Crippen molar-refractivity contribution in [1.29, 1.82) is 0 Å². The van der Waals surface area contributed by atoms with E-state index in [4.69, 9.17) is 4.74 Å². The minimum atomic E-state index is -2.88. The zero-order chi connectivity index (χ0) is 25.3. The second-order valence-electron chi connectivity index (χ2n) is 8.98. The van der Waals surface area contributed by atoms with Crippen LogP contribution in [-0.4, -0.2) is 23.8 Å². The molecule has 0 amide bonds. The number of esters is 1. The number of benzene rings is 4. The first-order valence-corrected chi connectivity index (χ1v) is 16.8. The van der Waals surface area contributed by atoms with Gasteiger partial charge >= 0.3 is 222 Å². The van der Waals surface area contributed by atoms with Crippen molar-refractivity contribution in [3.05, 3.63) is 121 Å². The van der Waals surface area contributed by atoms with Crippen molar-refractivity contribution >= 4 is 42.7 Å². The number of phenols is 1. The Bertz CT molecular complexity index is 1160. The Morgan fingerprint density at radius 1 is 0.639 bits per heavy atom. The summed E-state index contributed by atoms with van der Waals surface area (Å²) in [7, 11) is 0. The standard InChI is InChI=1S/C31H32BrO3P/c32-36(26-16-6-3-7-17-26,27-18-8-4-9-19-27,28-20-10-5-11-21-28)25-15-2-1-14-24-35-31(34)29-22-12-13-23-30(29)33/h3-13,16-23,33H,1-2,14-15,24-25H2. The second-order valence-corrected chi connectivity index (χ2v) is 18.0. The van der Waals surface area contributed by atoms with Gasteiger partial charge in [0.2, 0.25) is 0 Å². The fourth-order valence-corrected chi connectivity index (χ4v) is 12.6. The molecule has 4 rings (SSSR count). The molecule has 0 radical (unpaired) electrons. The van der Waals surface area contributed by atoms with Crippen molar-refractivity contribution in [1.82, 2.24) is 0 Å². The molecule has 0 aliphatic carbocycles. The molecule has 0 bridgehead atoms. The molecule has 3 nitrogen and oxygen atoms in total. The van der Waals surface area contributed by atoms with E-state index in [-0.39, 0.29) is 11.3 Å². The number of rotatable bonds is 11. The Labute approximate surface area is 221 Å². The molecule has 0 heterocycles. The molecule has 0 aliphatic rings. The molecule has 0 aliphatic heterocycles. The zero-order valence-corrected chi connectivity index (χ0v) is 22.8. The van der Waals surface area contributed by atoms with Gasteiger partial charge in [0.05, 0.1) is 0 Å². The third-order valence-electron chi connectivity index (χ3n) is 6.71. The van der Waals surface area contributed by atoms with Crippen molar-refractivity contribution in [2.75, 3.05) is 12.8 Å². The van der Waals surface area contributed by atoms with Gasteiger partial charge < -0.3 is 0 Å². The van der Waals surface area contributed by atoms with Crippen molar-refractivity contribution in [2.24, 2.45) is 0 Å². The van der Waals surface area contributed by atoms with Crippen LogP contribution in [0.4, 0.5) is 0 Å². The second kappa shape index (κ2) is 11.9. The normalized spacial score (nSPS) is 12.4. The first kappa shape index (κ1) is 26.1. The molecular weight excluding hydrogens is 531 g/mol. The van der Waals surface area contributed by atoms with Crippen LogP contribution in [0.1, 0.15) is 36.0 Å². The van der Waals surface area contributed by atoms with Crippen molar-refractivity contribution in [2.45, 2.75) is 25.7 Å². The number of hydrogen-bond acceptors (Lipinski definition) is 3. The van der Waals surface area contributed by atoms with Crippen molar-refractivity contribution in [3.63, 3.8) is 0 Å². The minimum absolute atomic E-state index is 0.0474. The number of carbonyl (C=O) groups is 1. The monoisotopic (exact) mass is 562 g/mol. The van der Waals surface area contributed by atoms with Gasteiger partial charge in [-0.3, -0.25) is 0 Å². The van der Waals surface area contributed by atoms with Crippen LogP contribution >= 0.6 is 20.8 Å². The van der Waals surface area contributed by atoms with E-state index < -0.39 is 11.3 Å². The van der Waals surface area contributed by atoms with Crippen LogP contribution in [0.2, 0.25) is 0 Å². The fraction of sp³-hybridized carbons (Fsp3) is 0.194. The van der Waals surface area contributed by atoms with E-state index in [2.05, 4.69) is 106 Å². The Kier molecular flexibility index (Phi) is 8.61. The predicted molar refractivity (Wildman–Crippen MR) is 156 cm³/mol. The summed E-state index contributed by atoms with van der Waals surface area (Å²) in [6.07, 6.45) is 4.83. The molecule has 0 spiro atoms. The predicted octanol–water partition coefficient (Wildman–Crippen LogP) is 6.95. The summed E-state index contributed by atoms with van der Waals surface area (Å²) < 4.78 is 5.38. The Balaban J connectivity index is 1.47. The van der Waals surface area contributed by atoms with Crippen molar-refractivity contribution in [3.8, 4) is 5.75 Å². The van der Waals surface area contributed by atoms with Crippen LogP contribution in [-0.2, 0) is 4.74 Å². The maximum atomic E-state index is 12.2. The molecule has 0 atom stereocenters. The van der Waals surface area contributed by atoms with E-state index in [9.17, 15) is 9.90 Å². The van der Waals surface area contributed by atoms with E-state index in [1.165, 1.54) is 22.0 Å². The molecule has 0 unspecified atom stereocenters.